The Morgan fingerprint density at radius 1 is 1.44 bits per heavy atom. The number of carbonyl (C=O) groups is 1. The van der Waals surface area contributed by atoms with E-state index < -0.39 is 0 Å². The fraction of sp³-hybridized carbons (Fsp3) is 0.231. The van der Waals surface area contributed by atoms with Gasteiger partial charge in [-0.15, -0.1) is 0 Å². The minimum atomic E-state index is -0.00358. The maximum Gasteiger partial charge on any atom is 0.225 e. The van der Waals surface area contributed by atoms with Crippen LogP contribution in [0.15, 0.2) is 41.3 Å². The molecule has 0 aliphatic carbocycles. The van der Waals surface area contributed by atoms with Crippen molar-refractivity contribution in [1.29, 1.82) is 0 Å². The summed E-state index contributed by atoms with van der Waals surface area (Å²) in [6.45, 7) is 0. The third kappa shape index (κ3) is 4.00. The lowest BCUT2D eigenvalue weighted by Crippen LogP contribution is -2.12. The number of aryl methyl sites for hydroxylation is 1. The molecule has 0 saturated heterocycles. The Hall–Kier alpha value is -1.62. The highest BCUT2D eigenvalue weighted by Crippen LogP contribution is 2.13. The summed E-state index contributed by atoms with van der Waals surface area (Å²) in [5.41, 5.74) is 1.23. The molecular weight excluding hydrogens is 294 g/mol. The zero-order valence-corrected chi connectivity index (χ0v) is 11.4. The summed E-state index contributed by atoms with van der Waals surface area (Å²) in [5, 5.41) is 2.77. The SMILES string of the molecule is O=C(CCCc1cc[nH]c1)Nc1cc(Br)ccn1. The molecule has 0 unspecified atom stereocenters. The highest BCUT2D eigenvalue weighted by atomic mass is 79.9. The number of aromatic nitrogens is 2. The van der Waals surface area contributed by atoms with E-state index in [0.717, 1.165) is 17.3 Å². The molecule has 0 aromatic carbocycles. The molecule has 0 fully saturated rings. The Kier molecular flexibility index (Phi) is 4.52. The third-order valence-electron chi connectivity index (χ3n) is 2.52. The fourth-order valence-corrected chi connectivity index (χ4v) is 1.98. The van der Waals surface area contributed by atoms with Gasteiger partial charge in [-0.3, -0.25) is 4.79 Å². The summed E-state index contributed by atoms with van der Waals surface area (Å²) < 4.78 is 0.903. The van der Waals surface area contributed by atoms with Crippen molar-refractivity contribution in [3.8, 4) is 0 Å². The number of pyridine rings is 1. The predicted molar refractivity (Wildman–Crippen MR) is 74.3 cm³/mol. The smallest absolute Gasteiger partial charge is 0.225 e. The monoisotopic (exact) mass is 307 g/mol. The van der Waals surface area contributed by atoms with Crippen molar-refractivity contribution in [2.45, 2.75) is 19.3 Å². The number of halogens is 1. The number of aromatic amines is 1. The van der Waals surface area contributed by atoms with E-state index in [1.165, 1.54) is 5.56 Å². The number of hydrogen-bond donors (Lipinski definition) is 2. The Morgan fingerprint density at radius 3 is 3.06 bits per heavy atom. The van der Waals surface area contributed by atoms with Gasteiger partial charge in [-0.1, -0.05) is 15.9 Å². The second-order valence-corrected chi connectivity index (χ2v) is 4.90. The largest absolute Gasteiger partial charge is 0.367 e. The lowest BCUT2D eigenvalue weighted by atomic mass is 10.1. The summed E-state index contributed by atoms with van der Waals surface area (Å²) in [6, 6.07) is 5.62. The van der Waals surface area contributed by atoms with Crippen molar-refractivity contribution in [3.05, 3.63) is 46.8 Å². The molecule has 2 aromatic rings. The predicted octanol–water partition coefficient (Wildman–Crippen LogP) is 3.13. The van der Waals surface area contributed by atoms with Gasteiger partial charge in [-0.25, -0.2) is 4.98 Å². The number of hydrogen-bond acceptors (Lipinski definition) is 2. The molecule has 0 saturated carbocycles. The minimum absolute atomic E-state index is 0.00358. The average molecular weight is 308 g/mol. The van der Waals surface area contributed by atoms with Crippen LogP contribution in [-0.4, -0.2) is 15.9 Å². The van der Waals surface area contributed by atoms with E-state index in [-0.39, 0.29) is 5.91 Å². The van der Waals surface area contributed by atoms with Gasteiger partial charge in [0.05, 0.1) is 0 Å². The molecule has 2 aromatic heterocycles. The number of carbonyl (C=O) groups excluding carboxylic acids is 1. The molecule has 18 heavy (non-hydrogen) atoms. The Morgan fingerprint density at radius 2 is 2.33 bits per heavy atom. The Labute approximate surface area is 114 Å². The molecule has 2 N–H and O–H groups in total. The van der Waals surface area contributed by atoms with E-state index in [1.54, 1.807) is 12.3 Å². The van der Waals surface area contributed by atoms with Gasteiger partial charge in [0.25, 0.3) is 0 Å². The van der Waals surface area contributed by atoms with E-state index in [9.17, 15) is 4.79 Å². The van der Waals surface area contributed by atoms with Crippen LogP contribution in [-0.2, 0) is 11.2 Å². The zero-order valence-electron chi connectivity index (χ0n) is 9.82. The van der Waals surface area contributed by atoms with Gasteiger partial charge >= 0.3 is 0 Å². The van der Waals surface area contributed by atoms with Crippen LogP contribution < -0.4 is 5.32 Å². The summed E-state index contributed by atoms with van der Waals surface area (Å²) in [4.78, 5) is 18.7. The fourth-order valence-electron chi connectivity index (χ4n) is 1.65. The van der Waals surface area contributed by atoms with Gasteiger partial charge in [-0.05, 0) is 36.6 Å². The van der Waals surface area contributed by atoms with Gasteiger partial charge < -0.3 is 10.3 Å². The summed E-state index contributed by atoms with van der Waals surface area (Å²) >= 11 is 3.34. The van der Waals surface area contributed by atoms with E-state index >= 15 is 0 Å². The second kappa shape index (κ2) is 6.35. The quantitative estimate of drug-likeness (QED) is 0.891. The van der Waals surface area contributed by atoms with E-state index in [0.29, 0.717) is 12.2 Å². The van der Waals surface area contributed by atoms with Crippen molar-refractivity contribution < 1.29 is 4.79 Å². The number of anilines is 1. The molecule has 0 radical (unpaired) electrons. The molecule has 2 rings (SSSR count). The van der Waals surface area contributed by atoms with Crippen LogP contribution in [0.1, 0.15) is 18.4 Å². The normalized spacial score (nSPS) is 10.3. The van der Waals surface area contributed by atoms with Gasteiger partial charge in [-0.2, -0.15) is 0 Å². The maximum absolute atomic E-state index is 11.7. The number of rotatable bonds is 5. The first-order valence-electron chi connectivity index (χ1n) is 5.77. The summed E-state index contributed by atoms with van der Waals surface area (Å²) in [7, 11) is 0. The molecule has 2 heterocycles. The maximum atomic E-state index is 11.7. The Balaban J connectivity index is 1.75. The molecule has 0 aliphatic rings. The second-order valence-electron chi connectivity index (χ2n) is 3.98. The van der Waals surface area contributed by atoms with Gasteiger partial charge in [0.1, 0.15) is 5.82 Å². The zero-order chi connectivity index (χ0) is 12.8. The van der Waals surface area contributed by atoms with Crippen LogP contribution in [0, 0.1) is 0 Å². The van der Waals surface area contributed by atoms with E-state index in [2.05, 4.69) is 31.2 Å². The molecule has 5 heteroatoms. The van der Waals surface area contributed by atoms with Crippen molar-refractivity contribution in [3.63, 3.8) is 0 Å². The first kappa shape index (κ1) is 12.8. The topological polar surface area (TPSA) is 57.8 Å². The van der Waals surface area contributed by atoms with Crippen LogP contribution in [0.5, 0.6) is 0 Å². The average Bonchev–Trinajstić information content (AvgIpc) is 2.82. The van der Waals surface area contributed by atoms with Crippen molar-refractivity contribution in [1.82, 2.24) is 9.97 Å². The molecule has 0 spiro atoms. The Bertz CT molecular complexity index is 511. The lowest BCUT2D eigenvalue weighted by Gasteiger charge is -2.04. The van der Waals surface area contributed by atoms with Crippen LogP contribution in [0.3, 0.4) is 0 Å². The van der Waals surface area contributed by atoms with Crippen LogP contribution in [0.25, 0.3) is 0 Å². The van der Waals surface area contributed by atoms with Crippen molar-refractivity contribution in [2.24, 2.45) is 0 Å². The minimum Gasteiger partial charge on any atom is -0.367 e. The lowest BCUT2D eigenvalue weighted by molar-refractivity contribution is -0.116. The first-order chi connectivity index (χ1) is 8.74. The number of H-pyrrole nitrogens is 1. The van der Waals surface area contributed by atoms with Crippen LogP contribution in [0.4, 0.5) is 5.82 Å². The number of amides is 1. The molecule has 0 atom stereocenters. The summed E-state index contributed by atoms with van der Waals surface area (Å²) in [5.74, 6) is 0.576. The highest BCUT2D eigenvalue weighted by Gasteiger charge is 2.04. The van der Waals surface area contributed by atoms with Crippen LogP contribution in [0.2, 0.25) is 0 Å². The van der Waals surface area contributed by atoms with Gasteiger partial charge in [0.2, 0.25) is 5.91 Å². The van der Waals surface area contributed by atoms with Gasteiger partial charge in [0.15, 0.2) is 0 Å². The molecule has 4 nitrogen and oxygen atoms in total. The summed E-state index contributed by atoms with van der Waals surface area (Å²) in [6.07, 6.45) is 7.73. The van der Waals surface area contributed by atoms with E-state index in [1.807, 2.05) is 24.5 Å². The molecule has 0 bridgehead atoms. The highest BCUT2D eigenvalue weighted by molar-refractivity contribution is 9.10. The van der Waals surface area contributed by atoms with Crippen molar-refractivity contribution in [2.75, 3.05) is 5.32 Å². The van der Waals surface area contributed by atoms with E-state index in [4.69, 9.17) is 0 Å². The van der Waals surface area contributed by atoms with Crippen LogP contribution >= 0.6 is 15.9 Å². The molecule has 0 aliphatic heterocycles. The van der Waals surface area contributed by atoms with Gasteiger partial charge in [0, 0.05) is 29.5 Å². The molecule has 94 valence electrons. The first-order valence-corrected chi connectivity index (χ1v) is 6.56. The standard InChI is InChI=1S/C13H14BrN3O/c14-11-5-7-16-12(8-11)17-13(18)3-1-2-10-4-6-15-9-10/h4-9,15H,1-3H2,(H,16,17,18). The third-order valence-corrected chi connectivity index (χ3v) is 3.01. The number of nitrogens with zero attached hydrogens (tertiary/aromatic N) is 1. The molecule has 1 amide bonds. The number of nitrogens with one attached hydrogen (secondary N) is 2. The molecular formula is C13H14BrN3O. The van der Waals surface area contributed by atoms with Crippen molar-refractivity contribution >= 4 is 27.7 Å².